The number of hydrogen-bond acceptors (Lipinski definition) is 7. The zero-order chi connectivity index (χ0) is 22.6. The van der Waals surface area contributed by atoms with Crippen LogP contribution in [0.4, 0.5) is 5.69 Å². The van der Waals surface area contributed by atoms with Gasteiger partial charge >= 0.3 is 5.97 Å². The summed E-state index contributed by atoms with van der Waals surface area (Å²) in [5.74, 6) is 0.0993. The molecule has 164 valence electrons. The largest absolute Gasteiger partial charge is 0.490 e. The highest BCUT2D eigenvalue weighted by Gasteiger charge is 2.10. The molecular formula is C21H24N4O5S. The Morgan fingerprint density at radius 1 is 1.06 bits per heavy atom. The number of thiocarbonyl (C=S) groups is 1. The second kappa shape index (κ2) is 12.1. The van der Waals surface area contributed by atoms with Crippen molar-refractivity contribution in [3.8, 4) is 11.5 Å². The SMILES string of the molecule is CCOC(=O)c1ccc(NC(=O)COc2ccc(C=NNC(N)=S)cc2OCC)cc1. The molecule has 2 aromatic rings. The number of benzene rings is 2. The van der Waals surface area contributed by atoms with Crippen LogP contribution in [0.3, 0.4) is 0 Å². The summed E-state index contributed by atoms with van der Waals surface area (Å²) in [7, 11) is 0. The first kappa shape index (κ1) is 23.6. The van der Waals surface area contributed by atoms with Gasteiger partial charge in [-0.25, -0.2) is 4.79 Å². The summed E-state index contributed by atoms with van der Waals surface area (Å²) >= 11 is 4.68. The van der Waals surface area contributed by atoms with Gasteiger partial charge in [-0.3, -0.25) is 10.2 Å². The second-order valence-electron chi connectivity index (χ2n) is 6.01. The van der Waals surface area contributed by atoms with Crippen molar-refractivity contribution >= 4 is 41.1 Å². The number of nitrogens with zero attached hydrogens (tertiary/aromatic N) is 1. The monoisotopic (exact) mass is 444 g/mol. The molecule has 2 rings (SSSR count). The van der Waals surface area contributed by atoms with Gasteiger partial charge in [-0.2, -0.15) is 5.10 Å². The van der Waals surface area contributed by atoms with Crippen molar-refractivity contribution in [2.75, 3.05) is 25.1 Å². The Bertz CT molecular complexity index is 947. The van der Waals surface area contributed by atoms with Crippen LogP contribution in [0.2, 0.25) is 0 Å². The van der Waals surface area contributed by atoms with Gasteiger partial charge in [0.25, 0.3) is 5.91 Å². The van der Waals surface area contributed by atoms with Crippen molar-refractivity contribution < 1.29 is 23.8 Å². The molecule has 0 atom stereocenters. The van der Waals surface area contributed by atoms with Gasteiger partial charge in [0, 0.05) is 5.69 Å². The van der Waals surface area contributed by atoms with Gasteiger partial charge in [0.2, 0.25) is 0 Å². The summed E-state index contributed by atoms with van der Waals surface area (Å²) in [6.45, 7) is 4.06. The summed E-state index contributed by atoms with van der Waals surface area (Å²) in [4.78, 5) is 23.9. The number of hydrogen-bond donors (Lipinski definition) is 3. The molecule has 9 nitrogen and oxygen atoms in total. The number of carbonyl (C=O) groups excluding carboxylic acids is 2. The number of nitrogens with two attached hydrogens (primary N) is 1. The third-order valence-corrected chi connectivity index (χ3v) is 3.79. The minimum absolute atomic E-state index is 0.0581. The summed E-state index contributed by atoms with van der Waals surface area (Å²) in [5, 5.41) is 6.65. The van der Waals surface area contributed by atoms with E-state index in [9.17, 15) is 9.59 Å². The van der Waals surface area contributed by atoms with Crippen LogP contribution in [0, 0.1) is 0 Å². The van der Waals surface area contributed by atoms with Gasteiger partial charge in [-0.15, -0.1) is 0 Å². The van der Waals surface area contributed by atoms with Crippen molar-refractivity contribution in [2.45, 2.75) is 13.8 Å². The highest BCUT2D eigenvalue weighted by Crippen LogP contribution is 2.28. The van der Waals surface area contributed by atoms with Crippen molar-refractivity contribution in [3.63, 3.8) is 0 Å². The molecule has 0 spiro atoms. The Balaban J connectivity index is 1.96. The number of esters is 1. The normalized spacial score (nSPS) is 10.4. The van der Waals surface area contributed by atoms with E-state index in [1.165, 1.54) is 6.21 Å². The molecule has 0 aromatic heterocycles. The Hall–Kier alpha value is -3.66. The third kappa shape index (κ3) is 7.94. The molecule has 1 amide bonds. The first-order chi connectivity index (χ1) is 14.9. The fourth-order valence-corrected chi connectivity index (χ4v) is 2.46. The van der Waals surface area contributed by atoms with Crippen LogP contribution in [0.15, 0.2) is 47.6 Å². The molecule has 31 heavy (non-hydrogen) atoms. The number of hydrazone groups is 1. The van der Waals surface area contributed by atoms with E-state index in [4.69, 9.17) is 19.9 Å². The standard InChI is InChI=1S/C21H24N4O5S/c1-3-28-18-11-14(12-23-25-21(22)31)5-10-17(18)30-13-19(26)24-16-8-6-15(7-9-16)20(27)29-4-2/h5-12H,3-4,13H2,1-2H3,(H,24,26)(H3,22,25,31). The van der Waals surface area contributed by atoms with Gasteiger partial charge < -0.3 is 25.3 Å². The lowest BCUT2D eigenvalue weighted by Gasteiger charge is -2.13. The van der Waals surface area contributed by atoms with Gasteiger partial charge in [0.05, 0.1) is 25.0 Å². The van der Waals surface area contributed by atoms with Gasteiger partial charge in [0.1, 0.15) is 0 Å². The molecule has 0 aliphatic heterocycles. The first-order valence-corrected chi connectivity index (χ1v) is 9.89. The molecule has 0 saturated carbocycles. The van der Waals surface area contributed by atoms with Crippen LogP contribution < -0.4 is 25.9 Å². The second-order valence-corrected chi connectivity index (χ2v) is 6.45. The maximum atomic E-state index is 12.2. The zero-order valence-corrected chi connectivity index (χ0v) is 18.0. The molecule has 0 heterocycles. The van der Waals surface area contributed by atoms with Gasteiger partial charge in [-0.1, -0.05) is 0 Å². The van der Waals surface area contributed by atoms with Crippen molar-refractivity contribution in [1.82, 2.24) is 5.43 Å². The van der Waals surface area contributed by atoms with E-state index in [1.807, 2.05) is 6.92 Å². The van der Waals surface area contributed by atoms with Crippen molar-refractivity contribution in [2.24, 2.45) is 10.8 Å². The third-order valence-electron chi connectivity index (χ3n) is 3.69. The number of amides is 1. The fraction of sp³-hybridized carbons (Fsp3) is 0.238. The quantitative estimate of drug-likeness (QED) is 0.221. The molecule has 0 aliphatic rings. The Kier molecular flexibility index (Phi) is 9.24. The van der Waals surface area contributed by atoms with Crippen LogP contribution in [0.25, 0.3) is 0 Å². The lowest BCUT2D eigenvalue weighted by Crippen LogP contribution is -2.24. The van der Waals surface area contributed by atoms with E-state index in [0.717, 1.165) is 5.56 Å². The molecule has 0 unspecified atom stereocenters. The molecule has 2 aromatic carbocycles. The molecule has 0 fully saturated rings. The minimum atomic E-state index is -0.415. The molecule has 4 N–H and O–H groups in total. The summed E-state index contributed by atoms with van der Waals surface area (Å²) in [6, 6.07) is 11.5. The van der Waals surface area contributed by atoms with E-state index in [0.29, 0.717) is 36.0 Å². The first-order valence-electron chi connectivity index (χ1n) is 9.48. The molecule has 10 heteroatoms. The van der Waals surface area contributed by atoms with Crippen molar-refractivity contribution in [3.05, 3.63) is 53.6 Å². The number of ether oxygens (including phenoxy) is 3. The smallest absolute Gasteiger partial charge is 0.338 e. The van der Waals surface area contributed by atoms with Crippen LogP contribution in [-0.2, 0) is 9.53 Å². The Labute approximate surface area is 185 Å². The summed E-state index contributed by atoms with van der Waals surface area (Å²) in [6.07, 6.45) is 1.53. The highest BCUT2D eigenvalue weighted by molar-refractivity contribution is 7.80. The van der Waals surface area contributed by atoms with E-state index < -0.39 is 5.97 Å². The summed E-state index contributed by atoms with van der Waals surface area (Å²) < 4.78 is 16.1. The van der Waals surface area contributed by atoms with E-state index in [-0.39, 0.29) is 17.6 Å². The zero-order valence-electron chi connectivity index (χ0n) is 17.2. The number of anilines is 1. The lowest BCUT2D eigenvalue weighted by atomic mass is 10.2. The van der Waals surface area contributed by atoms with E-state index in [2.05, 4.69) is 28.1 Å². The summed E-state index contributed by atoms with van der Waals surface area (Å²) in [5.41, 5.74) is 9.45. The maximum absolute atomic E-state index is 12.2. The van der Waals surface area contributed by atoms with Crippen LogP contribution >= 0.6 is 12.2 Å². The van der Waals surface area contributed by atoms with E-state index >= 15 is 0 Å². The van der Waals surface area contributed by atoms with E-state index in [1.54, 1.807) is 49.4 Å². The van der Waals surface area contributed by atoms with Crippen LogP contribution in [0.1, 0.15) is 29.8 Å². The molecular weight excluding hydrogens is 420 g/mol. The minimum Gasteiger partial charge on any atom is -0.490 e. The molecule has 0 saturated heterocycles. The predicted octanol–water partition coefficient (Wildman–Crippen LogP) is 2.45. The Morgan fingerprint density at radius 3 is 2.45 bits per heavy atom. The highest BCUT2D eigenvalue weighted by atomic mass is 32.1. The van der Waals surface area contributed by atoms with Gasteiger partial charge in [-0.05, 0) is 74.1 Å². The topological polar surface area (TPSA) is 124 Å². The molecule has 0 bridgehead atoms. The molecule has 0 aliphatic carbocycles. The average molecular weight is 445 g/mol. The Morgan fingerprint density at radius 2 is 1.81 bits per heavy atom. The average Bonchev–Trinajstić information content (AvgIpc) is 2.74. The number of rotatable bonds is 10. The predicted molar refractivity (Wildman–Crippen MR) is 122 cm³/mol. The van der Waals surface area contributed by atoms with Crippen LogP contribution in [0.5, 0.6) is 11.5 Å². The fourth-order valence-electron chi connectivity index (χ4n) is 2.41. The van der Waals surface area contributed by atoms with Crippen LogP contribution in [-0.4, -0.2) is 43.0 Å². The maximum Gasteiger partial charge on any atom is 0.338 e. The molecule has 0 radical (unpaired) electrons. The lowest BCUT2D eigenvalue weighted by molar-refractivity contribution is -0.118. The number of carbonyl (C=O) groups is 2. The van der Waals surface area contributed by atoms with Crippen molar-refractivity contribution in [1.29, 1.82) is 0 Å². The van der Waals surface area contributed by atoms with Gasteiger partial charge in [0.15, 0.2) is 23.2 Å². The number of nitrogens with one attached hydrogen (secondary N) is 2.